The summed E-state index contributed by atoms with van der Waals surface area (Å²) in [4.78, 5) is 10.6. The van der Waals surface area contributed by atoms with Crippen LogP contribution in [0.2, 0.25) is 0 Å². The molecule has 0 unspecified atom stereocenters. The molecule has 18 heavy (non-hydrogen) atoms. The maximum atomic E-state index is 10.6. The molecule has 0 radical (unpaired) electrons. The van der Waals surface area contributed by atoms with Crippen molar-refractivity contribution in [1.82, 2.24) is 0 Å². The van der Waals surface area contributed by atoms with Gasteiger partial charge in [-0.05, 0) is 32.0 Å². The van der Waals surface area contributed by atoms with Gasteiger partial charge in [0.1, 0.15) is 6.04 Å². The number of carbonyl (C=O) groups excluding carboxylic acids is 1. The highest BCUT2D eigenvalue weighted by atomic mass is 16.5. The Hall–Kier alpha value is -1.75. The van der Waals surface area contributed by atoms with Crippen LogP contribution in [0.25, 0.3) is 0 Å². The summed E-state index contributed by atoms with van der Waals surface area (Å²) in [5.41, 5.74) is 4.61. The van der Waals surface area contributed by atoms with Gasteiger partial charge in [0.05, 0.1) is 13.2 Å². The number of carboxylic acid groups (broad SMARTS) is 1. The van der Waals surface area contributed by atoms with Crippen LogP contribution in [0.4, 0.5) is 0 Å². The molecule has 0 aliphatic rings. The molecule has 0 bridgehead atoms. The van der Waals surface area contributed by atoms with Crippen molar-refractivity contribution in [2.75, 3.05) is 13.2 Å². The molecule has 0 heterocycles. The summed E-state index contributed by atoms with van der Waals surface area (Å²) in [7, 11) is 0. The predicted molar refractivity (Wildman–Crippen MR) is 64.0 cm³/mol. The van der Waals surface area contributed by atoms with Gasteiger partial charge in [0.2, 0.25) is 0 Å². The molecule has 0 aromatic heterocycles. The van der Waals surface area contributed by atoms with E-state index in [0.29, 0.717) is 24.7 Å². The van der Waals surface area contributed by atoms with Crippen molar-refractivity contribution in [2.45, 2.75) is 26.3 Å². The zero-order chi connectivity index (χ0) is 13.5. The second kappa shape index (κ2) is 6.86. The van der Waals surface area contributed by atoms with E-state index in [1.165, 1.54) is 0 Å². The van der Waals surface area contributed by atoms with Gasteiger partial charge in [-0.15, -0.1) is 0 Å². The molecule has 0 saturated carbocycles. The van der Waals surface area contributed by atoms with Crippen LogP contribution in [0.5, 0.6) is 11.5 Å². The van der Waals surface area contributed by atoms with Crippen LogP contribution in [0.3, 0.4) is 0 Å². The van der Waals surface area contributed by atoms with Crippen LogP contribution in [-0.2, 0) is 4.79 Å². The van der Waals surface area contributed by atoms with Gasteiger partial charge in [-0.25, -0.2) is 0 Å². The van der Waals surface area contributed by atoms with Gasteiger partial charge in [-0.2, -0.15) is 0 Å². The topological polar surface area (TPSA) is 86.2 Å². The van der Waals surface area contributed by atoms with Crippen LogP contribution in [0.1, 0.15) is 31.9 Å². The molecule has 1 aromatic rings. The first-order chi connectivity index (χ1) is 8.58. The van der Waals surface area contributed by atoms with Crippen LogP contribution in [0.15, 0.2) is 18.2 Å². The van der Waals surface area contributed by atoms with Gasteiger partial charge < -0.3 is 25.1 Å². The monoisotopic (exact) mass is 253 g/mol. The largest absolute Gasteiger partial charge is 0.550 e. The smallest absolute Gasteiger partial charge is 0.161 e. The molecule has 1 rings (SSSR count). The highest BCUT2D eigenvalue weighted by Crippen LogP contribution is 2.30. The van der Waals surface area contributed by atoms with Crippen molar-refractivity contribution < 1.29 is 25.1 Å². The summed E-state index contributed by atoms with van der Waals surface area (Å²) in [6, 6.07) is 4.99. The van der Waals surface area contributed by atoms with Gasteiger partial charge in [0.25, 0.3) is 0 Å². The Bertz CT molecular complexity index is 406. The standard InChI is InChI=1S/C13H19NO4/c1-3-17-11-6-5-9(7-12(11)18-4-2)10(14)8-13(15)16/h5-7,10H,3-4,8,14H2,1-2H3,(H,15,16)/t10-/m1/s1. The Morgan fingerprint density at radius 1 is 1.28 bits per heavy atom. The first-order valence-electron chi connectivity index (χ1n) is 6.00. The summed E-state index contributed by atoms with van der Waals surface area (Å²) in [5, 5.41) is 10.6. The number of hydrogen-bond donors (Lipinski definition) is 1. The van der Waals surface area contributed by atoms with E-state index in [0.717, 1.165) is 5.56 Å². The third-order valence-corrected chi connectivity index (χ3v) is 2.45. The average Bonchev–Trinajstić information content (AvgIpc) is 2.31. The highest BCUT2D eigenvalue weighted by Gasteiger charge is 2.14. The third-order valence-electron chi connectivity index (χ3n) is 2.45. The SMILES string of the molecule is CCOc1ccc([C@H]([NH3+])CC(=O)[O-])cc1OCC. The number of carbonyl (C=O) groups is 1. The molecular weight excluding hydrogens is 234 g/mol. The minimum atomic E-state index is -1.11. The second-order valence-electron chi connectivity index (χ2n) is 3.85. The molecule has 0 fully saturated rings. The van der Waals surface area contributed by atoms with Crippen molar-refractivity contribution in [3.05, 3.63) is 23.8 Å². The van der Waals surface area contributed by atoms with E-state index >= 15 is 0 Å². The first kappa shape index (κ1) is 14.3. The van der Waals surface area contributed by atoms with Crippen molar-refractivity contribution in [2.24, 2.45) is 0 Å². The molecule has 100 valence electrons. The lowest BCUT2D eigenvalue weighted by atomic mass is 10.0. The minimum Gasteiger partial charge on any atom is -0.550 e. The Labute approximate surface area is 107 Å². The average molecular weight is 253 g/mol. The molecule has 0 spiro atoms. The number of benzene rings is 1. The maximum Gasteiger partial charge on any atom is 0.161 e. The van der Waals surface area contributed by atoms with Gasteiger partial charge in [-0.1, -0.05) is 0 Å². The Kier molecular flexibility index (Phi) is 5.45. The highest BCUT2D eigenvalue weighted by molar-refractivity contribution is 5.65. The lowest BCUT2D eigenvalue weighted by molar-refractivity contribution is -0.430. The lowest BCUT2D eigenvalue weighted by Gasteiger charge is -2.14. The number of quaternary nitrogens is 1. The normalized spacial score (nSPS) is 11.9. The van der Waals surface area contributed by atoms with Gasteiger partial charge in [0, 0.05) is 18.0 Å². The first-order valence-corrected chi connectivity index (χ1v) is 6.00. The number of ether oxygens (including phenoxy) is 2. The lowest BCUT2D eigenvalue weighted by Crippen LogP contribution is -2.55. The molecule has 1 atom stereocenters. The minimum absolute atomic E-state index is 0.112. The van der Waals surface area contributed by atoms with Crippen molar-refractivity contribution in [3.8, 4) is 11.5 Å². The molecule has 1 aromatic carbocycles. The van der Waals surface area contributed by atoms with E-state index in [1.807, 2.05) is 13.8 Å². The van der Waals surface area contributed by atoms with E-state index in [1.54, 1.807) is 18.2 Å². The van der Waals surface area contributed by atoms with Crippen molar-refractivity contribution in [1.29, 1.82) is 0 Å². The molecule has 5 nitrogen and oxygen atoms in total. The fourth-order valence-electron chi connectivity index (χ4n) is 1.64. The van der Waals surface area contributed by atoms with Crippen LogP contribution < -0.4 is 20.3 Å². The Balaban J connectivity index is 2.94. The fourth-order valence-corrected chi connectivity index (χ4v) is 1.64. The quantitative estimate of drug-likeness (QED) is 0.735. The molecule has 5 heteroatoms. The van der Waals surface area contributed by atoms with Crippen LogP contribution in [0, 0.1) is 0 Å². The number of rotatable bonds is 7. The molecule has 3 N–H and O–H groups in total. The molecule has 0 saturated heterocycles. The Morgan fingerprint density at radius 3 is 2.44 bits per heavy atom. The van der Waals surface area contributed by atoms with E-state index < -0.39 is 5.97 Å². The summed E-state index contributed by atoms with van der Waals surface area (Å²) in [5.74, 6) is 0.162. The maximum absolute atomic E-state index is 10.6. The number of aliphatic carboxylic acids is 1. The van der Waals surface area contributed by atoms with E-state index in [9.17, 15) is 9.90 Å². The predicted octanol–water partition coefficient (Wildman–Crippen LogP) is -0.0930. The van der Waals surface area contributed by atoms with Crippen molar-refractivity contribution >= 4 is 5.97 Å². The molecular formula is C13H19NO4. The summed E-state index contributed by atoms with van der Waals surface area (Å²) in [6.07, 6.45) is -0.112. The van der Waals surface area contributed by atoms with E-state index in [2.05, 4.69) is 5.73 Å². The van der Waals surface area contributed by atoms with E-state index in [-0.39, 0.29) is 12.5 Å². The van der Waals surface area contributed by atoms with Gasteiger partial charge in [0.15, 0.2) is 11.5 Å². The number of hydrogen-bond acceptors (Lipinski definition) is 4. The third kappa shape index (κ3) is 3.92. The molecule has 0 amide bonds. The fraction of sp³-hybridized carbons (Fsp3) is 0.462. The summed E-state index contributed by atoms with van der Waals surface area (Å²) in [6.45, 7) is 4.84. The zero-order valence-corrected chi connectivity index (χ0v) is 10.8. The van der Waals surface area contributed by atoms with Crippen molar-refractivity contribution in [3.63, 3.8) is 0 Å². The van der Waals surface area contributed by atoms with E-state index in [4.69, 9.17) is 9.47 Å². The summed E-state index contributed by atoms with van der Waals surface area (Å²) < 4.78 is 10.9. The zero-order valence-electron chi connectivity index (χ0n) is 10.8. The van der Waals surface area contributed by atoms with Crippen LogP contribution in [-0.4, -0.2) is 19.2 Å². The van der Waals surface area contributed by atoms with Crippen LogP contribution >= 0.6 is 0 Å². The second-order valence-corrected chi connectivity index (χ2v) is 3.85. The molecule has 0 aliphatic heterocycles. The summed E-state index contributed by atoms with van der Waals surface area (Å²) >= 11 is 0. The Morgan fingerprint density at radius 2 is 1.89 bits per heavy atom. The van der Waals surface area contributed by atoms with Gasteiger partial charge >= 0.3 is 0 Å². The van der Waals surface area contributed by atoms with Gasteiger partial charge in [-0.3, -0.25) is 0 Å². The molecule has 0 aliphatic carbocycles. The number of carboxylic acids is 1.